The van der Waals surface area contributed by atoms with Gasteiger partial charge in [0.25, 0.3) is 0 Å². The molecule has 0 saturated heterocycles. The van der Waals surface area contributed by atoms with Crippen LogP contribution in [0.2, 0.25) is 0 Å². The molecule has 80 valence electrons. The van der Waals surface area contributed by atoms with E-state index in [1.165, 1.54) is 12.1 Å². The van der Waals surface area contributed by atoms with Gasteiger partial charge in [0, 0.05) is 24.7 Å². The fraction of sp³-hybridized carbons (Fsp3) is 0.727. The molecule has 2 N–H and O–H groups in total. The number of hydrogen-bond donors (Lipinski definition) is 1. The van der Waals surface area contributed by atoms with Gasteiger partial charge in [0.2, 0.25) is 0 Å². The molecule has 0 aliphatic carbocycles. The van der Waals surface area contributed by atoms with Crippen LogP contribution in [0.15, 0.2) is 6.07 Å². The first-order chi connectivity index (χ1) is 6.67. The van der Waals surface area contributed by atoms with Gasteiger partial charge in [0.05, 0.1) is 5.69 Å². The Morgan fingerprint density at radius 1 is 1.50 bits per heavy atom. The summed E-state index contributed by atoms with van der Waals surface area (Å²) in [6.07, 6.45) is 3.16. The van der Waals surface area contributed by atoms with Crippen molar-refractivity contribution in [2.75, 3.05) is 0 Å². The second kappa shape index (κ2) is 5.15. The molecule has 0 spiro atoms. The molecule has 1 heterocycles. The number of nitrogens with two attached hydrogens (primary N) is 1. The zero-order chi connectivity index (χ0) is 10.6. The summed E-state index contributed by atoms with van der Waals surface area (Å²) >= 11 is 0. The highest BCUT2D eigenvalue weighted by molar-refractivity contribution is 5.11. The quantitative estimate of drug-likeness (QED) is 0.778. The zero-order valence-corrected chi connectivity index (χ0v) is 9.45. The molecule has 1 unspecified atom stereocenters. The second-order valence-electron chi connectivity index (χ2n) is 3.87. The first kappa shape index (κ1) is 11.2. The minimum absolute atomic E-state index is 0.199. The van der Waals surface area contributed by atoms with E-state index in [0.29, 0.717) is 0 Å². The van der Waals surface area contributed by atoms with Crippen molar-refractivity contribution in [3.05, 3.63) is 17.5 Å². The number of nitrogens with zero attached hydrogens (tertiary/aromatic N) is 2. The summed E-state index contributed by atoms with van der Waals surface area (Å²) in [5.41, 5.74) is 8.22. The van der Waals surface area contributed by atoms with Crippen LogP contribution >= 0.6 is 0 Å². The number of hydrogen-bond acceptors (Lipinski definition) is 2. The average Bonchev–Trinajstić information content (AvgIpc) is 2.47. The van der Waals surface area contributed by atoms with Crippen molar-refractivity contribution in [2.45, 2.75) is 52.6 Å². The Balaban J connectivity index is 2.77. The predicted molar refractivity (Wildman–Crippen MR) is 59.2 cm³/mol. The average molecular weight is 195 g/mol. The highest BCUT2D eigenvalue weighted by atomic mass is 15.3. The Labute approximate surface area is 86.3 Å². The third kappa shape index (κ3) is 2.84. The minimum Gasteiger partial charge on any atom is -0.328 e. The third-order valence-corrected chi connectivity index (χ3v) is 2.25. The van der Waals surface area contributed by atoms with Crippen LogP contribution in [0.1, 0.15) is 38.6 Å². The van der Waals surface area contributed by atoms with E-state index in [2.05, 4.69) is 29.7 Å². The molecule has 0 radical (unpaired) electrons. The van der Waals surface area contributed by atoms with Gasteiger partial charge in [-0.25, -0.2) is 0 Å². The molecule has 0 aromatic carbocycles. The van der Waals surface area contributed by atoms with Crippen LogP contribution in [0.5, 0.6) is 0 Å². The first-order valence-electron chi connectivity index (χ1n) is 5.48. The fourth-order valence-electron chi connectivity index (χ4n) is 1.68. The van der Waals surface area contributed by atoms with Gasteiger partial charge in [-0.15, -0.1) is 0 Å². The van der Waals surface area contributed by atoms with E-state index in [0.717, 1.165) is 25.1 Å². The molecule has 3 heteroatoms. The molecular weight excluding hydrogens is 174 g/mol. The van der Waals surface area contributed by atoms with Gasteiger partial charge in [-0.05, 0) is 26.3 Å². The first-order valence-corrected chi connectivity index (χ1v) is 5.48. The van der Waals surface area contributed by atoms with Gasteiger partial charge in [-0.2, -0.15) is 5.10 Å². The summed E-state index contributed by atoms with van der Waals surface area (Å²) in [6, 6.07) is 2.39. The number of aryl methyl sites for hydroxylation is 2. The molecule has 1 aromatic rings. The SMILES string of the molecule is CCCc1cc(CC(C)N)nn1CC. The fourth-order valence-corrected chi connectivity index (χ4v) is 1.68. The minimum atomic E-state index is 0.199. The topological polar surface area (TPSA) is 43.8 Å². The molecule has 1 rings (SSSR count). The van der Waals surface area contributed by atoms with Gasteiger partial charge in [-0.1, -0.05) is 13.3 Å². The standard InChI is InChI=1S/C11H21N3/c1-4-6-11-8-10(7-9(3)12)13-14(11)5-2/h8-9H,4-7,12H2,1-3H3. The zero-order valence-electron chi connectivity index (χ0n) is 9.45. The summed E-state index contributed by atoms with van der Waals surface area (Å²) in [6.45, 7) is 7.29. The summed E-state index contributed by atoms with van der Waals surface area (Å²) < 4.78 is 2.08. The Bertz CT molecular complexity index is 276. The van der Waals surface area contributed by atoms with E-state index in [1.807, 2.05) is 6.92 Å². The maximum Gasteiger partial charge on any atom is 0.0642 e. The molecular formula is C11H21N3. The predicted octanol–water partition coefficient (Wildman–Crippen LogP) is 1.75. The van der Waals surface area contributed by atoms with Crippen LogP contribution < -0.4 is 5.73 Å². The van der Waals surface area contributed by atoms with Crippen molar-refractivity contribution in [3.63, 3.8) is 0 Å². The Kier molecular flexibility index (Phi) is 4.14. The van der Waals surface area contributed by atoms with E-state index >= 15 is 0 Å². The normalized spacial score (nSPS) is 13.1. The molecule has 14 heavy (non-hydrogen) atoms. The highest BCUT2D eigenvalue weighted by Gasteiger charge is 2.07. The van der Waals surface area contributed by atoms with Crippen molar-refractivity contribution in [1.29, 1.82) is 0 Å². The lowest BCUT2D eigenvalue weighted by Crippen LogP contribution is -2.18. The van der Waals surface area contributed by atoms with E-state index in [9.17, 15) is 0 Å². The van der Waals surface area contributed by atoms with Crippen LogP contribution in [0, 0.1) is 0 Å². The van der Waals surface area contributed by atoms with Crippen LogP contribution in [0.4, 0.5) is 0 Å². The lowest BCUT2D eigenvalue weighted by molar-refractivity contribution is 0.600. The Morgan fingerprint density at radius 2 is 2.21 bits per heavy atom. The molecule has 1 aromatic heterocycles. The Morgan fingerprint density at radius 3 is 2.71 bits per heavy atom. The maximum absolute atomic E-state index is 5.75. The maximum atomic E-state index is 5.75. The van der Waals surface area contributed by atoms with Crippen molar-refractivity contribution in [3.8, 4) is 0 Å². The monoisotopic (exact) mass is 195 g/mol. The summed E-state index contributed by atoms with van der Waals surface area (Å²) in [5, 5.41) is 4.52. The molecule has 0 saturated carbocycles. The molecule has 1 atom stereocenters. The van der Waals surface area contributed by atoms with Gasteiger partial charge < -0.3 is 5.73 Å². The third-order valence-electron chi connectivity index (χ3n) is 2.25. The molecule has 0 aliphatic rings. The summed E-state index contributed by atoms with van der Waals surface area (Å²) in [5.74, 6) is 0. The van der Waals surface area contributed by atoms with Gasteiger partial charge in [0.1, 0.15) is 0 Å². The van der Waals surface area contributed by atoms with Crippen LogP contribution in [0.3, 0.4) is 0 Å². The number of aromatic nitrogens is 2. The van der Waals surface area contributed by atoms with Crippen molar-refractivity contribution in [2.24, 2.45) is 5.73 Å². The van der Waals surface area contributed by atoms with E-state index < -0.39 is 0 Å². The van der Waals surface area contributed by atoms with Crippen molar-refractivity contribution < 1.29 is 0 Å². The van der Waals surface area contributed by atoms with E-state index in [4.69, 9.17) is 5.73 Å². The van der Waals surface area contributed by atoms with Crippen LogP contribution in [-0.2, 0) is 19.4 Å². The van der Waals surface area contributed by atoms with Gasteiger partial charge in [-0.3, -0.25) is 4.68 Å². The second-order valence-corrected chi connectivity index (χ2v) is 3.87. The highest BCUT2D eigenvalue weighted by Crippen LogP contribution is 2.08. The largest absolute Gasteiger partial charge is 0.328 e. The molecule has 0 fully saturated rings. The van der Waals surface area contributed by atoms with Crippen LogP contribution in [0.25, 0.3) is 0 Å². The number of rotatable bonds is 5. The van der Waals surface area contributed by atoms with Crippen molar-refractivity contribution >= 4 is 0 Å². The smallest absolute Gasteiger partial charge is 0.0642 e. The van der Waals surface area contributed by atoms with Crippen LogP contribution in [-0.4, -0.2) is 15.8 Å². The molecule has 0 aliphatic heterocycles. The van der Waals surface area contributed by atoms with E-state index in [1.54, 1.807) is 0 Å². The molecule has 0 amide bonds. The van der Waals surface area contributed by atoms with Crippen molar-refractivity contribution in [1.82, 2.24) is 9.78 Å². The summed E-state index contributed by atoms with van der Waals surface area (Å²) in [4.78, 5) is 0. The van der Waals surface area contributed by atoms with E-state index in [-0.39, 0.29) is 6.04 Å². The molecule has 3 nitrogen and oxygen atoms in total. The van der Waals surface area contributed by atoms with Gasteiger partial charge >= 0.3 is 0 Å². The lowest BCUT2D eigenvalue weighted by atomic mass is 10.1. The van der Waals surface area contributed by atoms with Gasteiger partial charge in [0.15, 0.2) is 0 Å². The lowest BCUT2D eigenvalue weighted by Gasteiger charge is -2.01. The Hall–Kier alpha value is -0.830. The molecule has 0 bridgehead atoms. The summed E-state index contributed by atoms with van der Waals surface area (Å²) in [7, 11) is 0.